The molecule has 2 rings (SSSR count). The van der Waals surface area contributed by atoms with Crippen LogP contribution in [0.25, 0.3) is 0 Å². The van der Waals surface area contributed by atoms with Gasteiger partial charge in [0.05, 0.1) is 0 Å². The van der Waals surface area contributed by atoms with E-state index in [9.17, 15) is 0 Å². The van der Waals surface area contributed by atoms with Gasteiger partial charge in [-0.25, -0.2) is 4.98 Å². The van der Waals surface area contributed by atoms with Gasteiger partial charge in [0, 0.05) is 38.4 Å². The molecule has 1 fully saturated rings. The summed E-state index contributed by atoms with van der Waals surface area (Å²) < 4.78 is 0. The van der Waals surface area contributed by atoms with Gasteiger partial charge in [0.15, 0.2) is 0 Å². The van der Waals surface area contributed by atoms with E-state index < -0.39 is 0 Å². The Morgan fingerprint density at radius 2 is 2.05 bits per heavy atom. The fourth-order valence-electron chi connectivity index (χ4n) is 2.39. The molecule has 0 saturated carbocycles. The van der Waals surface area contributed by atoms with E-state index in [0.29, 0.717) is 6.04 Å². The summed E-state index contributed by atoms with van der Waals surface area (Å²) in [4.78, 5) is 9.28. The van der Waals surface area contributed by atoms with Gasteiger partial charge >= 0.3 is 0 Å². The molecule has 1 aliphatic rings. The first-order valence-electron chi connectivity index (χ1n) is 7.33. The Balaban J connectivity index is 2.02. The largest absolute Gasteiger partial charge is 0.354 e. The Kier molecular flexibility index (Phi) is 5.16. The summed E-state index contributed by atoms with van der Waals surface area (Å²) in [6, 6.07) is 4.75. The normalized spacial score (nSPS) is 18.6. The van der Waals surface area contributed by atoms with E-state index in [1.807, 2.05) is 6.20 Å². The predicted molar refractivity (Wildman–Crippen MR) is 80.7 cm³/mol. The van der Waals surface area contributed by atoms with E-state index in [0.717, 1.165) is 38.5 Å². The zero-order valence-corrected chi connectivity index (χ0v) is 12.4. The van der Waals surface area contributed by atoms with Gasteiger partial charge in [-0.1, -0.05) is 6.92 Å². The second kappa shape index (κ2) is 6.87. The van der Waals surface area contributed by atoms with Crippen molar-refractivity contribution in [3.63, 3.8) is 0 Å². The van der Waals surface area contributed by atoms with Gasteiger partial charge in [0.2, 0.25) is 0 Å². The minimum absolute atomic E-state index is 0.397. The number of pyridine rings is 1. The minimum atomic E-state index is 0.397. The van der Waals surface area contributed by atoms with Gasteiger partial charge in [-0.05, 0) is 44.6 Å². The highest BCUT2D eigenvalue weighted by molar-refractivity contribution is 5.42. The standard InChI is InChI=1S/C15H26N4/c1-4-6-16-13(2)14-5-7-17-15(12-14)19-10-8-18(3)9-11-19/h5,7,12-13,16H,4,6,8-11H2,1-3H3. The molecule has 4 nitrogen and oxygen atoms in total. The first-order valence-corrected chi connectivity index (χ1v) is 7.33. The lowest BCUT2D eigenvalue weighted by molar-refractivity contribution is 0.312. The van der Waals surface area contributed by atoms with E-state index in [-0.39, 0.29) is 0 Å². The van der Waals surface area contributed by atoms with Crippen LogP contribution in [0.4, 0.5) is 5.82 Å². The lowest BCUT2D eigenvalue weighted by Gasteiger charge is -2.33. The third-order valence-corrected chi connectivity index (χ3v) is 3.80. The van der Waals surface area contributed by atoms with Crippen LogP contribution in [0.3, 0.4) is 0 Å². The molecule has 2 heterocycles. The van der Waals surface area contributed by atoms with Crippen LogP contribution in [-0.2, 0) is 0 Å². The number of nitrogens with zero attached hydrogens (tertiary/aromatic N) is 3. The van der Waals surface area contributed by atoms with Gasteiger partial charge < -0.3 is 15.1 Å². The molecule has 0 aromatic carbocycles. The average Bonchev–Trinajstić information content (AvgIpc) is 2.45. The number of likely N-dealkylation sites (N-methyl/N-ethyl adjacent to an activating group) is 1. The average molecular weight is 262 g/mol. The molecule has 0 amide bonds. The van der Waals surface area contributed by atoms with Crippen LogP contribution in [0, 0.1) is 0 Å². The van der Waals surface area contributed by atoms with Crippen LogP contribution in [0.2, 0.25) is 0 Å². The van der Waals surface area contributed by atoms with Crippen molar-refractivity contribution in [1.82, 2.24) is 15.2 Å². The molecule has 1 unspecified atom stereocenters. The van der Waals surface area contributed by atoms with Crippen LogP contribution < -0.4 is 10.2 Å². The fraction of sp³-hybridized carbons (Fsp3) is 0.667. The molecule has 0 aliphatic carbocycles. The molecule has 0 spiro atoms. The maximum atomic E-state index is 4.53. The van der Waals surface area contributed by atoms with E-state index in [4.69, 9.17) is 0 Å². The molecule has 19 heavy (non-hydrogen) atoms. The van der Waals surface area contributed by atoms with Crippen molar-refractivity contribution in [3.05, 3.63) is 23.9 Å². The summed E-state index contributed by atoms with van der Waals surface area (Å²) in [6.07, 6.45) is 3.11. The maximum Gasteiger partial charge on any atom is 0.128 e. The summed E-state index contributed by atoms with van der Waals surface area (Å²) in [7, 11) is 2.18. The van der Waals surface area contributed by atoms with Crippen LogP contribution in [-0.4, -0.2) is 49.7 Å². The molecule has 0 bridgehead atoms. The second-order valence-corrected chi connectivity index (χ2v) is 5.41. The highest BCUT2D eigenvalue weighted by atomic mass is 15.3. The maximum absolute atomic E-state index is 4.53. The molecular weight excluding hydrogens is 236 g/mol. The van der Waals surface area contributed by atoms with Crippen molar-refractivity contribution in [2.75, 3.05) is 44.7 Å². The van der Waals surface area contributed by atoms with Crippen LogP contribution in [0.1, 0.15) is 31.9 Å². The summed E-state index contributed by atoms with van der Waals surface area (Å²) >= 11 is 0. The molecule has 1 aromatic heterocycles. The first-order chi connectivity index (χ1) is 9.20. The molecule has 106 valence electrons. The Bertz CT molecular complexity index is 385. The van der Waals surface area contributed by atoms with E-state index in [1.54, 1.807) is 0 Å². The Hall–Kier alpha value is -1.13. The number of aromatic nitrogens is 1. The van der Waals surface area contributed by atoms with Crippen LogP contribution in [0.15, 0.2) is 18.3 Å². The minimum Gasteiger partial charge on any atom is -0.354 e. The van der Waals surface area contributed by atoms with E-state index >= 15 is 0 Å². The van der Waals surface area contributed by atoms with Crippen molar-refractivity contribution in [2.24, 2.45) is 0 Å². The summed E-state index contributed by atoms with van der Waals surface area (Å²) in [5.74, 6) is 1.12. The quantitative estimate of drug-likeness (QED) is 0.878. The molecule has 1 N–H and O–H groups in total. The lowest BCUT2D eigenvalue weighted by Crippen LogP contribution is -2.44. The Labute approximate surface area is 116 Å². The van der Waals surface area contributed by atoms with Crippen molar-refractivity contribution < 1.29 is 0 Å². The Morgan fingerprint density at radius 1 is 1.32 bits per heavy atom. The van der Waals surface area contributed by atoms with Crippen molar-refractivity contribution >= 4 is 5.82 Å². The highest BCUT2D eigenvalue weighted by Gasteiger charge is 2.16. The third-order valence-electron chi connectivity index (χ3n) is 3.80. The summed E-state index contributed by atoms with van der Waals surface area (Å²) in [5.41, 5.74) is 1.33. The fourth-order valence-corrected chi connectivity index (χ4v) is 2.39. The van der Waals surface area contributed by atoms with E-state index in [2.05, 4.69) is 53.1 Å². The van der Waals surface area contributed by atoms with Crippen LogP contribution in [0.5, 0.6) is 0 Å². The molecule has 1 aliphatic heterocycles. The molecule has 4 heteroatoms. The SMILES string of the molecule is CCCNC(C)c1ccnc(N2CCN(C)CC2)c1. The smallest absolute Gasteiger partial charge is 0.128 e. The predicted octanol–water partition coefficient (Wildman–Crippen LogP) is 1.89. The number of nitrogens with one attached hydrogen (secondary N) is 1. The van der Waals surface area contributed by atoms with Gasteiger partial charge in [-0.3, -0.25) is 0 Å². The van der Waals surface area contributed by atoms with Gasteiger partial charge in [0.1, 0.15) is 5.82 Å². The molecule has 0 radical (unpaired) electrons. The van der Waals surface area contributed by atoms with Gasteiger partial charge in [-0.15, -0.1) is 0 Å². The molecular formula is C15H26N4. The van der Waals surface area contributed by atoms with Crippen molar-refractivity contribution in [2.45, 2.75) is 26.3 Å². The number of hydrogen-bond acceptors (Lipinski definition) is 4. The summed E-state index contributed by atoms with van der Waals surface area (Å²) in [5, 5.41) is 3.53. The topological polar surface area (TPSA) is 31.4 Å². The second-order valence-electron chi connectivity index (χ2n) is 5.41. The number of anilines is 1. The van der Waals surface area contributed by atoms with Crippen molar-refractivity contribution in [3.8, 4) is 0 Å². The lowest BCUT2D eigenvalue weighted by atomic mass is 10.1. The third kappa shape index (κ3) is 3.91. The number of hydrogen-bond donors (Lipinski definition) is 1. The molecule has 1 aromatic rings. The van der Waals surface area contributed by atoms with Gasteiger partial charge in [0.25, 0.3) is 0 Å². The van der Waals surface area contributed by atoms with E-state index in [1.165, 1.54) is 12.0 Å². The number of rotatable bonds is 5. The molecule has 1 atom stereocenters. The number of piperazine rings is 1. The Morgan fingerprint density at radius 3 is 2.74 bits per heavy atom. The monoisotopic (exact) mass is 262 g/mol. The van der Waals surface area contributed by atoms with Crippen LogP contribution >= 0.6 is 0 Å². The van der Waals surface area contributed by atoms with Crippen molar-refractivity contribution in [1.29, 1.82) is 0 Å². The first kappa shape index (κ1) is 14.3. The zero-order chi connectivity index (χ0) is 13.7. The summed E-state index contributed by atoms with van der Waals surface area (Å²) in [6.45, 7) is 9.87. The zero-order valence-electron chi connectivity index (χ0n) is 12.4. The molecule has 1 saturated heterocycles. The van der Waals surface area contributed by atoms with Gasteiger partial charge in [-0.2, -0.15) is 0 Å². The highest BCUT2D eigenvalue weighted by Crippen LogP contribution is 2.19.